The predicted molar refractivity (Wildman–Crippen MR) is 86.9 cm³/mol. The zero-order chi connectivity index (χ0) is 16.3. The first-order valence-corrected chi connectivity index (χ1v) is 7.47. The number of aliphatic imine (C=N–C) groups is 1. The molecule has 8 nitrogen and oxygen atoms in total. The van der Waals surface area contributed by atoms with Crippen LogP contribution in [0.5, 0.6) is 0 Å². The van der Waals surface area contributed by atoms with Crippen LogP contribution in [0.1, 0.15) is 42.6 Å². The van der Waals surface area contributed by atoms with Crippen LogP contribution in [0.3, 0.4) is 0 Å². The number of guanidine groups is 1. The third-order valence-electron chi connectivity index (χ3n) is 3.75. The Bertz CT molecular complexity index is 594. The molecule has 0 unspecified atom stereocenters. The summed E-state index contributed by atoms with van der Waals surface area (Å²) in [5.41, 5.74) is 16.0. The fraction of sp³-hybridized carbons (Fsp3) is 0.538. The molecule has 0 aliphatic heterocycles. The smallest absolute Gasteiger partial charge is 0.302 e. The molecule has 1 aromatic rings. The molecule has 1 aliphatic rings. The van der Waals surface area contributed by atoms with Gasteiger partial charge in [-0.05, 0) is 12.8 Å². The highest BCUT2D eigenvalue weighted by molar-refractivity contribution is 6.32. The third kappa shape index (κ3) is 3.56. The number of carbonyl (C=O) groups excluding carboxylic acids is 1. The molecule has 1 aliphatic carbocycles. The van der Waals surface area contributed by atoms with E-state index < -0.39 is 5.91 Å². The number of nitrogens with zero attached hydrogens (tertiary/aromatic N) is 4. The molecule has 6 N–H and O–H groups in total. The second kappa shape index (κ2) is 6.78. The van der Waals surface area contributed by atoms with E-state index in [1.54, 1.807) is 0 Å². The first kappa shape index (κ1) is 16.3. The van der Waals surface area contributed by atoms with Gasteiger partial charge in [0.1, 0.15) is 0 Å². The number of nitrogen functional groups attached to an aromatic ring is 1. The third-order valence-corrected chi connectivity index (χ3v) is 4.01. The molecule has 1 heterocycles. The standard InChI is InChI=1S/C13H20ClN7O/c1-21(7-5-3-2-4-6-7)11-9(14)18-8(10(15)19-11)12(22)20-13(16)17/h7H,2-6H2,1H3,(H2,15,19)(H4,16,17,20,22). The van der Waals surface area contributed by atoms with Gasteiger partial charge < -0.3 is 22.1 Å². The second-order valence-electron chi connectivity index (χ2n) is 5.32. The summed E-state index contributed by atoms with van der Waals surface area (Å²) in [7, 11) is 1.91. The topological polar surface area (TPSA) is 137 Å². The van der Waals surface area contributed by atoms with E-state index >= 15 is 0 Å². The quantitative estimate of drug-likeness (QED) is 0.554. The number of aromatic nitrogens is 2. The molecule has 0 radical (unpaired) electrons. The Morgan fingerprint density at radius 3 is 2.50 bits per heavy atom. The van der Waals surface area contributed by atoms with E-state index in [0.29, 0.717) is 11.9 Å². The van der Waals surface area contributed by atoms with Crippen molar-refractivity contribution in [2.45, 2.75) is 38.1 Å². The van der Waals surface area contributed by atoms with Gasteiger partial charge in [-0.15, -0.1) is 0 Å². The number of rotatable bonds is 3. The van der Waals surface area contributed by atoms with Gasteiger partial charge in [0.2, 0.25) is 0 Å². The number of anilines is 2. The summed E-state index contributed by atoms with van der Waals surface area (Å²) in [6.45, 7) is 0. The number of hydrogen-bond donors (Lipinski definition) is 3. The SMILES string of the molecule is CN(c1nc(N)c(C(=O)N=C(N)N)nc1Cl)C1CCCCC1. The summed E-state index contributed by atoms with van der Waals surface area (Å²) in [5.74, 6) is -0.714. The van der Waals surface area contributed by atoms with Crippen molar-refractivity contribution in [3.63, 3.8) is 0 Å². The lowest BCUT2D eigenvalue weighted by atomic mass is 9.94. The number of nitrogens with two attached hydrogens (primary N) is 3. The van der Waals surface area contributed by atoms with Crippen molar-refractivity contribution < 1.29 is 4.79 Å². The van der Waals surface area contributed by atoms with Crippen LogP contribution in [0.2, 0.25) is 5.15 Å². The number of amides is 1. The monoisotopic (exact) mass is 325 g/mol. The molecule has 0 bridgehead atoms. The van der Waals surface area contributed by atoms with Crippen molar-refractivity contribution in [2.75, 3.05) is 17.7 Å². The Labute approximate surface area is 133 Å². The fourth-order valence-corrected chi connectivity index (χ4v) is 2.87. The van der Waals surface area contributed by atoms with Crippen molar-refractivity contribution in [2.24, 2.45) is 16.5 Å². The first-order valence-electron chi connectivity index (χ1n) is 7.10. The van der Waals surface area contributed by atoms with Crippen LogP contribution in [0, 0.1) is 0 Å². The molecule has 1 amide bonds. The van der Waals surface area contributed by atoms with Crippen LogP contribution in [0.4, 0.5) is 11.6 Å². The Kier molecular flexibility index (Phi) is 5.02. The molecule has 0 atom stereocenters. The Hall–Kier alpha value is -2.09. The van der Waals surface area contributed by atoms with Crippen LogP contribution >= 0.6 is 11.6 Å². The Morgan fingerprint density at radius 1 is 1.27 bits per heavy atom. The van der Waals surface area contributed by atoms with Crippen LogP contribution < -0.4 is 22.1 Å². The summed E-state index contributed by atoms with van der Waals surface area (Å²) < 4.78 is 0. The molecule has 9 heteroatoms. The average Bonchev–Trinajstić information content (AvgIpc) is 2.48. The number of halogens is 1. The van der Waals surface area contributed by atoms with E-state index in [2.05, 4.69) is 15.0 Å². The maximum atomic E-state index is 11.8. The molecule has 22 heavy (non-hydrogen) atoms. The Balaban J connectivity index is 2.29. The normalized spacial score (nSPS) is 15.4. The molecular formula is C13H20ClN7O. The maximum absolute atomic E-state index is 11.8. The lowest BCUT2D eigenvalue weighted by Crippen LogP contribution is -2.34. The van der Waals surface area contributed by atoms with Crippen LogP contribution in [-0.2, 0) is 0 Å². The summed E-state index contributed by atoms with van der Waals surface area (Å²) in [6.07, 6.45) is 5.75. The molecule has 1 fully saturated rings. The molecule has 0 spiro atoms. The van der Waals surface area contributed by atoms with Crippen molar-refractivity contribution in [1.82, 2.24) is 9.97 Å². The fourth-order valence-electron chi connectivity index (χ4n) is 2.61. The average molecular weight is 326 g/mol. The summed E-state index contributed by atoms with van der Waals surface area (Å²) in [4.78, 5) is 25.4. The zero-order valence-electron chi connectivity index (χ0n) is 12.4. The van der Waals surface area contributed by atoms with Gasteiger partial charge in [0, 0.05) is 13.1 Å². The highest BCUT2D eigenvalue weighted by atomic mass is 35.5. The van der Waals surface area contributed by atoms with Crippen LogP contribution in [0.25, 0.3) is 0 Å². The molecule has 1 saturated carbocycles. The van der Waals surface area contributed by atoms with E-state index in [0.717, 1.165) is 12.8 Å². The minimum absolute atomic E-state index is 0.0444. The van der Waals surface area contributed by atoms with Crippen molar-refractivity contribution >= 4 is 35.1 Å². The zero-order valence-corrected chi connectivity index (χ0v) is 13.2. The van der Waals surface area contributed by atoms with Gasteiger partial charge in [-0.2, -0.15) is 4.99 Å². The molecule has 0 saturated heterocycles. The van der Waals surface area contributed by atoms with E-state index in [1.165, 1.54) is 19.3 Å². The van der Waals surface area contributed by atoms with Gasteiger partial charge in [0.05, 0.1) is 0 Å². The van der Waals surface area contributed by atoms with Gasteiger partial charge in [-0.1, -0.05) is 30.9 Å². The van der Waals surface area contributed by atoms with Crippen molar-refractivity contribution in [3.8, 4) is 0 Å². The number of hydrogen-bond acceptors (Lipinski definition) is 5. The summed E-state index contributed by atoms with van der Waals surface area (Å²) in [6, 6.07) is 0.346. The minimum atomic E-state index is -0.765. The summed E-state index contributed by atoms with van der Waals surface area (Å²) >= 11 is 6.16. The van der Waals surface area contributed by atoms with Crippen molar-refractivity contribution in [3.05, 3.63) is 10.8 Å². The predicted octanol–water partition coefficient (Wildman–Crippen LogP) is 0.895. The van der Waals surface area contributed by atoms with Gasteiger partial charge in [-0.3, -0.25) is 4.79 Å². The largest absolute Gasteiger partial charge is 0.382 e. The molecule has 2 rings (SSSR count). The van der Waals surface area contributed by atoms with E-state index in [1.807, 2.05) is 11.9 Å². The molecule has 120 valence electrons. The van der Waals surface area contributed by atoms with Crippen LogP contribution in [-0.4, -0.2) is 34.9 Å². The van der Waals surface area contributed by atoms with Gasteiger partial charge in [-0.25, -0.2) is 9.97 Å². The second-order valence-corrected chi connectivity index (χ2v) is 5.67. The van der Waals surface area contributed by atoms with E-state index in [4.69, 9.17) is 28.8 Å². The summed E-state index contributed by atoms with van der Waals surface area (Å²) in [5, 5.41) is 0.108. The van der Waals surface area contributed by atoms with Crippen molar-refractivity contribution in [1.29, 1.82) is 0 Å². The first-order chi connectivity index (χ1) is 10.4. The van der Waals surface area contributed by atoms with Gasteiger partial charge >= 0.3 is 5.91 Å². The van der Waals surface area contributed by atoms with Crippen LogP contribution in [0.15, 0.2) is 4.99 Å². The highest BCUT2D eigenvalue weighted by Gasteiger charge is 2.24. The molecular weight excluding hydrogens is 306 g/mol. The van der Waals surface area contributed by atoms with E-state index in [9.17, 15) is 4.79 Å². The lowest BCUT2D eigenvalue weighted by Gasteiger charge is -2.32. The molecule has 1 aromatic heterocycles. The highest BCUT2D eigenvalue weighted by Crippen LogP contribution is 2.30. The number of carbonyl (C=O) groups is 1. The lowest BCUT2D eigenvalue weighted by molar-refractivity contribution is 0.0998. The van der Waals surface area contributed by atoms with Gasteiger partial charge in [0.25, 0.3) is 0 Å². The Morgan fingerprint density at radius 2 is 1.91 bits per heavy atom. The molecule has 0 aromatic carbocycles. The van der Waals surface area contributed by atoms with Gasteiger partial charge in [0.15, 0.2) is 28.4 Å². The van der Waals surface area contributed by atoms with E-state index in [-0.39, 0.29) is 22.6 Å². The minimum Gasteiger partial charge on any atom is -0.382 e. The maximum Gasteiger partial charge on any atom is 0.302 e.